The van der Waals surface area contributed by atoms with E-state index in [0.29, 0.717) is 5.75 Å². The fourth-order valence-corrected chi connectivity index (χ4v) is 3.23. The molecule has 1 aliphatic heterocycles. The van der Waals surface area contributed by atoms with Gasteiger partial charge in [-0.05, 0) is 30.5 Å². The van der Waals surface area contributed by atoms with Gasteiger partial charge in [0.15, 0.2) is 0 Å². The number of hydrogen-bond donors (Lipinski definition) is 0. The second kappa shape index (κ2) is 6.88. The Hall–Kier alpha value is -1.36. The van der Waals surface area contributed by atoms with Crippen molar-refractivity contribution in [1.29, 1.82) is 0 Å². The zero-order valence-corrected chi connectivity index (χ0v) is 12.8. The van der Waals surface area contributed by atoms with Crippen LogP contribution in [0.4, 0.5) is 0 Å². The molecule has 1 saturated heterocycles. The van der Waals surface area contributed by atoms with Crippen molar-refractivity contribution >= 4 is 16.7 Å². The summed E-state index contributed by atoms with van der Waals surface area (Å²) < 4.78 is 16.8. The average molecular weight is 295 g/mol. The van der Waals surface area contributed by atoms with Crippen LogP contribution in [0.3, 0.4) is 0 Å². The molecule has 0 saturated carbocycles. The molecule has 1 fully saturated rings. The monoisotopic (exact) mass is 295 g/mol. The standard InChI is InChI=1S/C15H21NO3S/c1-3-20(18)11-15(17)16-9-5-8-14(16)12-6-4-7-13(10-12)19-2/h4,6-7,10,14H,3,5,8-9,11H2,1-2H3/t14-,20+/m0/s1. The summed E-state index contributed by atoms with van der Waals surface area (Å²) in [5, 5.41) is 0. The van der Waals surface area contributed by atoms with Crippen molar-refractivity contribution in [2.75, 3.05) is 25.2 Å². The van der Waals surface area contributed by atoms with Gasteiger partial charge in [-0.25, -0.2) is 0 Å². The Morgan fingerprint density at radius 2 is 2.30 bits per heavy atom. The SMILES string of the molecule is CC[S@@](=O)CC(=O)N1CCC[C@H]1c1cccc(OC)c1. The molecule has 1 heterocycles. The lowest BCUT2D eigenvalue weighted by molar-refractivity contribution is -0.129. The zero-order valence-electron chi connectivity index (χ0n) is 12.0. The van der Waals surface area contributed by atoms with E-state index >= 15 is 0 Å². The zero-order chi connectivity index (χ0) is 14.5. The summed E-state index contributed by atoms with van der Waals surface area (Å²) in [5.74, 6) is 1.47. The highest BCUT2D eigenvalue weighted by molar-refractivity contribution is 7.85. The predicted octanol–water partition coefficient (Wildman–Crippen LogP) is 2.13. The maximum absolute atomic E-state index is 12.3. The smallest absolute Gasteiger partial charge is 0.235 e. The normalized spacial score (nSPS) is 19.9. The topological polar surface area (TPSA) is 46.6 Å². The van der Waals surface area contributed by atoms with Gasteiger partial charge in [0.25, 0.3) is 0 Å². The molecule has 0 N–H and O–H groups in total. The number of carbonyl (C=O) groups is 1. The molecule has 0 aromatic heterocycles. The molecular formula is C15H21NO3S. The number of carbonyl (C=O) groups excluding carboxylic acids is 1. The van der Waals surface area contributed by atoms with E-state index in [9.17, 15) is 9.00 Å². The van der Waals surface area contributed by atoms with Crippen LogP contribution in [0.25, 0.3) is 0 Å². The van der Waals surface area contributed by atoms with Crippen LogP contribution in [0.5, 0.6) is 5.75 Å². The lowest BCUT2D eigenvalue weighted by Gasteiger charge is -2.25. The number of ether oxygens (including phenoxy) is 1. The van der Waals surface area contributed by atoms with Gasteiger partial charge in [0.05, 0.1) is 13.2 Å². The van der Waals surface area contributed by atoms with Crippen LogP contribution in [-0.2, 0) is 15.6 Å². The number of hydrogen-bond acceptors (Lipinski definition) is 3. The van der Waals surface area contributed by atoms with Gasteiger partial charge in [-0.3, -0.25) is 9.00 Å². The highest BCUT2D eigenvalue weighted by atomic mass is 32.2. The molecule has 2 rings (SSSR count). The third-order valence-corrected chi connectivity index (χ3v) is 4.87. The Labute approximate surface area is 122 Å². The summed E-state index contributed by atoms with van der Waals surface area (Å²) >= 11 is 0. The molecule has 2 atom stereocenters. The average Bonchev–Trinajstić information content (AvgIpc) is 2.96. The van der Waals surface area contributed by atoms with Crippen molar-refractivity contribution in [2.24, 2.45) is 0 Å². The first-order chi connectivity index (χ1) is 9.65. The minimum Gasteiger partial charge on any atom is -0.497 e. The second-order valence-electron chi connectivity index (χ2n) is 4.89. The molecule has 20 heavy (non-hydrogen) atoms. The van der Waals surface area contributed by atoms with Gasteiger partial charge >= 0.3 is 0 Å². The molecule has 1 aromatic rings. The van der Waals surface area contributed by atoms with Gasteiger partial charge in [-0.15, -0.1) is 0 Å². The van der Waals surface area contributed by atoms with Crippen LogP contribution in [-0.4, -0.2) is 40.2 Å². The first kappa shape index (κ1) is 15.0. The van der Waals surface area contributed by atoms with Gasteiger partial charge in [0.1, 0.15) is 11.5 Å². The van der Waals surface area contributed by atoms with E-state index in [-0.39, 0.29) is 17.7 Å². The molecule has 110 valence electrons. The number of nitrogens with zero attached hydrogens (tertiary/aromatic N) is 1. The number of likely N-dealkylation sites (tertiary alicyclic amines) is 1. The second-order valence-corrected chi connectivity index (χ2v) is 6.64. The number of benzene rings is 1. The molecule has 1 aromatic carbocycles. The Bertz CT molecular complexity index is 504. The predicted molar refractivity (Wildman–Crippen MR) is 80.2 cm³/mol. The molecule has 0 spiro atoms. The van der Waals surface area contributed by atoms with Crippen LogP contribution in [0, 0.1) is 0 Å². The van der Waals surface area contributed by atoms with E-state index in [1.54, 1.807) is 7.11 Å². The van der Waals surface area contributed by atoms with Crippen LogP contribution < -0.4 is 4.74 Å². The molecule has 4 nitrogen and oxygen atoms in total. The summed E-state index contributed by atoms with van der Waals surface area (Å²) in [6.07, 6.45) is 1.95. The van der Waals surface area contributed by atoms with Crippen molar-refractivity contribution in [2.45, 2.75) is 25.8 Å². The first-order valence-corrected chi connectivity index (χ1v) is 8.43. The highest BCUT2D eigenvalue weighted by Crippen LogP contribution is 2.33. The van der Waals surface area contributed by atoms with Crippen LogP contribution in [0.15, 0.2) is 24.3 Å². The third kappa shape index (κ3) is 3.39. The summed E-state index contributed by atoms with van der Waals surface area (Å²) in [4.78, 5) is 14.1. The Morgan fingerprint density at radius 1 is 1.50 bits per heavy atom. The Morgan fingerprint density at radius 3 is 3.00 bits per heavy atom. The number of methoxy groups -OCH3 is 1. The largest absolute Gasteiger partial charge is 0.497 e. The molecule has 5 heteroatoms. The Kier molecular flexibility index (Phi) is 5.17. The van der Waals surface area contributed by atoms with E-state index in [1.807, 2.05) is 36.1 Å². The van der Waals surface area contributed by atoms with Crippen LogP contribution in [0.1, 0.15) is 31.4 Å². The summed E-state index contributed by atoms with van der Waals surface area (Å²) in [7, 11) is 0.594. The fourth-order valence-electron chi connectivity index (χ4n) is 2.58. The lowest BCUT2D eigenvalue weighted by Crippen LogP contribution is -2.34. The molecular weight excluding hydrogens is 274 g/mol. The maximum atomic E-state index is 12.3. The van der Waals surface area contributed by atoms with Crippen molar-refractivity contribution in [3.63, 3.8) is 0 Å². The van der Waals surface area contributed by atoms with Gasteiger partial charge in [-0.2, -0.15) is 0 Å². The number of amides is 1. The fraction of sp³-hybridized carbons (Fsp3) is 0.533. The van der Waals surface area contributed by atoms with E-state index in [0.717, 1.165) is 30.7 Å². The summed E-state index contributed by atoms with van der Waals surface area (Å²) in [6.45, 7) is 2.59. The third-order valence-electron chi connectivity index (χ3n) is 3.66. The van der Waals surface area contributed by atoms with E-state index in [4.69, 9.17) is 4.74 Å². The summed E-state index contributed by atoms with van der Waals surface area (Å²) in [5.41, 5.74) is 1.09. The van der Waals surface area contributed by atoms with Crippen molar-refractivity contribution in [1.82, 2.24) is 4.90 Å². The van der Waals surface area contributed by atoms with Gasteiger partial charge in [0, 0.05) is 23.1 Å². The molecule has 0 bridgehead atoms. The molecule has 0 radical (unpaired) electrons. The summed E-state index contributed by atoms with van der Waals surface area (Å²) in [6, 6.07) is 7.94. The minimum atomic E-state index is -1.05. The first-order valence-electron chi connectivity index (χ1n) is 6.94. The van der Waals surface area contributed by atoms with Crippen LogP contribution >= 0.6 is 0 Å². The minimum absolute atomic E-state index is 0.00416. The van der Waals surface area contributed by atoms with Gasteiger partial charge in [0.2, 0.25) is 5.91 Å². The molecule has 0 unspecified atom stereocenters. The molecule has 0 aliphatic carbocycles. The maximum Gasteiger partial charge on any atom is 0.235 e. The number of rotatable bonds is 5. The quantitative estimate of drug-likeness (QED) is 0.836. The lowest BCUT2D eigenvalue weighted by atomic mass is 10.0. The van der Waals surface area contributed by atoms with E-state index in [2.05, 4.69) is 0 Å². The van der Waals surface area contributed by atoms with E-state index < -0.39 is 10.8 Å². The Balaban J connectivity index is 2.14. The molecule has 1 amide bonds. The van der Waals surface area contributed by atoms with Crippen molar-refractivity contribution < 1.29 is 13.7 Å². The van der Waals surface area contributed by atoms with Crippen molar-refractivity contribution in [3.05, 3.63) is 29.8 Å². The van der Waals surface area contributed by atoms with Gasteiger partial charge < -0.3 is 9.64 Å². The van der Waals surface area contributed by atoms with E-state index in [1.165, 1.54) is 0 Å². The highest BCUT2D eigenvalue weighted by Gasteiger charge is 2.30. The molecule has 1 aliphatic rings. The van der Waals surface area contributed by atoms with Gasteiger partial charge in [-0.1, -0.05) is 19.1 Å². The van der Waals surface area contributed by atoms with Crippen molar-refractivity contribution in [3.8, 4) is 5.75 Å². The van der Waals surface area contributed by atoms with Crippen LogP contribution in [0.2, 0.25) is 0 Å².